The Morgan fingerprint density at radius 1 is 0.880 bits per heavy atom. The van der Waals surface area contributed by atoms with Crippen LogP contribution in [0, 0.1) is 13.8 Å². The van der Waals surface area contributed by atoms with Crippen LogP contribution in [0.4, 0.5) is 0 Å². The highest BCUT2D eigenvalue weighted by Gasteiger charge is 2.33. The lowest BCUT2D eigenvalue weighted by molar-refractivity contribution is 0.0322. The van der Waals surface area contributed by atoms with E-state index in [2.05, 4.69) is 17.0 Å². The third-order valence-electron chi connectivity index (χ3n) is 5.11. The molecule has 25 heavy (non-hydrogen) atoms. The van der Waals surface area contributed by atoms with Crippen molar-refractivity contribution in [3.05, 3.63) is 70.8 Å². The van der Waals surface area contributed by atoms with Crippen LogP contribution in [-0.4, -0.2) is 35.0 Å². The van der Waals surface area contributed by atoms with Gasteiger partial charge in [-0.05, 0) is 45.3 Å². The number of ketones is 1. The Kier molecular flexibility index (Phi) is 5.67. The number of Topliss-reactive ketones (excluding diaryl/α,β-unsaturated/α-hetero) is 1. The minimum absolute atomic E-state index is 0.198. The van der Waals surface area contributed by atoms with Gasteiger partial charge in [0.1, 0.15) is 6.10 Å². The number of hydrogen-bond acceptors (Lipinski definition) is 3. The van der Waals surface area contributed by atoms with E-state index in [9.17, 15) is 9.90 Å². The standard InChI is InChI=1S/C22H27NO2/c1-16-6-10-18(11-7-16)20(23-14-4-3-5-15-23)22(25)21(24)19-12-8-17(2)9-13-19/h6-13,20,22,25H,3-5,14-15H2,1-2H3/t20-,22-/m1/s1. The van der Waals surface area contributed by atoms with Crippen molar-refractivity contribution in [2.45, 2.75) is 45.3 Å². The number of carbonyl (C=O) groups excluding carboxylic acids is 1. The Hall–Kier alpha value is -1.97. The highest BCUT2D eigenvalue weighted by atomic mass is 16.3. The molecule has 2 aromatic rings. The largest absolute Gasteiger partial charge is 0.383 e. The molecular formula is C22H27NO2. The predicted octanol–water partition coefficient (Wildman–Crippen LogP) is 4.07. The van der Waals surface area contributed by atoms with Gasteiger partial charge in [-0.3, -0.25) is 9.69 Å². The summed E-state index contributed by atoms with van der Waals surface area (Å²) in [5, 5.41) is 11.0. The average Bonchev–Trinajstić information content (AvgIpc) is 2.64. The van der Waals surface area contributed by atoms with E-state index in [1.54, 1.807) is 0 Å². The first-order chi connectivity index (χ1) is 12.1. The van der Waals surface area contributed by atoms with Crippen molar-refractivity contribution in [2.24, 2.45) is 0 Å². The Morgan fingerprint density at radius 3 is 1.96 bits per heavy atom. The fourth-order valence-corrected chi connectivity index (χ4v) is 3.58. The number of rotatable bonds is 5. The summed E-state index contributed by atoms with van der Waals surface area (Å²) in [6.07, 6.45) is 2.41. The second kappa shape index (κ2) is 7.94. The molecule has 2 atom stereocenters. The molecule has 0 radical (unpaired) electrons. The van der Waals surface area contributed by atoms with Gasteiger partial charge in [-0.15, -0.1) is 0 Å². The van der Waals surface area contributed by atoms with Crippen molar-refractivity contribution < 1.29 is 9.90 Å². The zero-order valence-electron chi connectivity index (χ0n) is 15.1. The molecule has 3 nitrogen and oxygen atoms in total. The molecule has 132 valence electrons. The Bertz CT molecular complexity index is 700. The van der Waals surface area contributed by atoms with Crippen LogP contribution < -0.4 is 0 Å². The summed E-state index contributed by atoms with van der Waals surface area (Å²) in [6, 6.07) is 15.4. The molecule has 0 amide bonds. The summed E-state index contributed by atoms with van der Waals surface area (Å²) in [5.74, 6) is -0.198. The molecule has 1 fully saturated rings. The second-order valence-electron chi connectivity index (χ2n) is 7.13. The average molecular weight is 337 g/mol. The maximum atomic E-state index is 12.9. The molecule has 1 aliphatic rings. The monoisotopic (exact) mass is 337 g/mol. The van der Waals surface area contributed by atoms with Crippen LogP contribution in [0.25, 0.3) is 0 Å². The smallest absolute Gasteiger partial charge is 0.193 e. The lowest BCUT2D eigenvalue weighted by Gasteiger charge is -2.37. The number of carbonyl (C=O) groups is 1. The van der Waals surface area contributed by atoms with Gasteiger partial charge < -0.3 is 5.11 Å². The van der Waals surface area contributed by atoms with Crippen molar-refractivity contribution >= 4 is 5.78 Å². The van der Waals surface area contributed by atoms with Crippen LogP contribution in [0.5, 0.6) is 0 Å². The summed E-state index contributed by atoms with van der Waals surface area (Å²) in [7, 11) is 0. The van der Waals surface area contributed by atoms with Gasteiger partial charge in [-0.25, -0.2) is 0 Å². The summed E-state index contributed by atoms with van der Waals surface area (Å²) >= 11 is 0. The first kappa shape index (κ1) is 17.8. The molecule has 3 heteroatoms. The fraction of sp³-hybridized carbons (Fsp3) is 0.409. The first-order valence-corrected chi connectivity index (χ1v) is 9.16. The predicted molar refractivity (Wildman–Crippen MR) is 101 cm³/mol. The Morgan fingerprint density at radius 2 is 1.40 bits per heavy atom. The minimum Gasteiger partial charge on any atom is -0.383 e. The normalized spacial score (nSPS) is 17.9. The molecule has 0 unspecified atom stereocenters. The maximum absolute atomic E-state index is 12.9. The van der Waals surface area contributed by atoms with Gasteiger partial charge in [0.05, 0.1) is 6.04 Å². The molecular weight excluding hydrogens is 310 g/mol. The number of hydrogen-bond donors (Lipinski definition) is 1. The van der Waals surface area contributed by atoms with Gasteiger partial charge in [0.15, 0.2) is 5.78 Å². The quantitative estimate of drug-likeness (QED) is 0.836. The van der Waals surface area contributed by atoms with E-state index in [-0.39, 0.29) is 11.8 Å². The van der Waals surface area contributed by atoms with E-state index in [0.717, 1.165) is 37.1 Å². The lowest BCUT2D eigenvalue weighted by atomic mass is 9.91. The Balaban J connectivity index is 1.90. The van der Waals surface area contributed by atoms with E-state index < -0.39 is 6.10 Å². The molecule has 2 aromatic carbocycles. The molecule has 1 aliphatic heterocycles. The van der Waals surface area contributed by atoms with Gasteiger partial charge in [0, 0.05) is 5.56 Å². The van der Waals surface area contributed by atoms with Crippen LogP contribution >= 0.6 is 0 Å². The second-order valence-corrected chi connectivity index (χ2v) is 7.13. The van der Waals surface area contributed by atoms with Crippen molar-refractivity contribution in [3.63, 3.8) is 0 Å². The van der Waals surface area contributed by atoms with Crippen molar-refractivity contribution in [1.82, 2.24) is 4.90 Å². The molecule has 0 aliphatic carbocycles. The van der Waals surface area contributed by atoms with Gasteiger partial charge in [0.25, 0.3) is 0 Å². The number of piperidine rings is 1. The van der Waals surface area contributed by atoms with Gasteiger partial charge in [0.2, 0.25) is 0 Å². The number of likely N-dealkylation sites (tertiary alicyclic amines) is 1. The number of aryl methyl sites for hydroxylation is 2. The molecule has 0 aromatic heterocycles. The molecule has 0 spiro atoms. The van der Waals surface area contributed by atoms with E-state index >= 15 is 0 Å². The molecule has 1 heterocycles. The zero-order valence-corrected chi connectivity index (χ0v) is 15.1. The summed E-state index contributed by atoms with van der Waals surface area (Å²) in [5.41, 5.74) is 3.88. The molecule has 0 bridgehead atoms. The molecule has 3 rings (SSSR count). The van der Waals surface area contributed by atoms with Crippen molar-refractivity contribution in [1.29, 1.82) is 0 Å². The van der Waals surface area contributed by atoms with Crippen LogP contribution in [0.2, 0.25) is 0 Å². The molecule has 1 saturated heterocycles. The summed E-state index contributed by atoms with van der Waals surface area (Å²) in [6.45, 7) is 5.90. The fourth-order valence-electron chi connectivity index (χ4n) is 3.58. The SMILES string of the molecule is Cc1ccc(C(=O)[C@H](O)[C@@H](c2ccc(C)cc2)N2CCCCC2)cc1. The highest BCUT2D eigenvalue weighted by molar-refractivity contribution is 5.99. The number of nitrogens with zero attached hydrogens (tertiary/aromatic N) is 1. The highest BCUT2D eigenvalue weighted by Crippen LogP contribution is 2.29. The van der Waals surface area contributed by atoms with Crippen LogP contribution in [0.3, 0.4) is 0 Å². The van der Waals surface area contributed by atoms with Gasteiger partial charge >= 0.3 is 0 Å². The Labute approximate surface area is 150 Å². The molecule has 0 saturated carbocycles. The number of aliphatic hydroxyl groups is 1. The van der Waals surface area contributed by atoms with E-state index in [0.29, 0.717) is 5.56 Å². The summed E-state index contributed by atoms with van der Waals surface area (Å²) < 4.78 is 0. The number of benzene rings is 2. The van der Waals surface area contributed by atoms with E-state index in [1.165, 1.54) is 12.0 Å². The van der Waals surface area contributed by atoms with Crippen molar-refractivity contribution in [2.75, 3.05) is 13.1 Å². The minimum atomic E-state index is -1.05. The third-order valence-corrected chi connectivity index (χ3v) is 5.11. The van der Waals surface area contributed by atoms with Crippen molar-refractivity contribution in [3.8, 4) is 0 Å². The summed E-state index contributed by atoms with van der Waals surface area (Å²) in [4.78, 5) is 15.2. The van der Waals surface area contributed by atoms with E-state index in [4.69, 9.17) is 0 Å². The lowest BCUT2D eigenvalue weighted by Crippen LogP contribution is -2.43. The van der Waals surface area contributed by atoms with Gasteiger partial charge in [-0.2, -0.15) is 0 Å². The first-order valence-electron chi connectivity index (χ1n) is 9.16. The van der Waals surface area contributed by atoms with Crippen LogP contribution in [0.15, 0.2) is 48.5 Å². The van der Waals surface area contributed by atoms with Crippen LogP contribution in [-0.2, 0) is 0 Å². The topological polar surface area (TPSA) is 40.5 Å². The van der Waals surface area contributed by atoms with Crippen LogP contribution in [0.1, 0.15) is 52.4 Å². The maximum Gasteiger partial charge on any atom is 0.193 e. The zero-order chi connectivity index (χ0) is 17.8. The van der Waals surface area contributed by atoms with Gasteiger partial charge in [-0.1, -0.05) is 66.1 Å². The van der Waals surface area contributed by atoms with E-state index in [1.807, 2.05) is 50.2 Å². The number of aliphatic hydroxyl groups excluding tert-OH is 1. The third kappa shape index (κ3) is 4.17. The molecule has 1 N–H and O–H groups in total.